The first-order valence-electron chi connectivity index (χ1n) is 5.36. The Kier molecular flexibility index (Phi) is 7.92. The standard InChI is InChI=1S/C12H18O5/c1-9(5-3-7-13)11(15)17-12(16)10(2)6-4-8-14/h13-14H,1-8H2. The van der Waals surface area contributed by atoms with Crippen molar-refractivity contribution in [3.8, 4) is 0 Å². The van der Waals surface area contributed by atoms with Crippen LogP contribution in [0.3, 0.4) is 0 Å². The summed E-state index contributed by atoms with van der Waals surface area (Å²) in [6.07, 6.45) is 1.36. The van der Waals surface area contributed by atoms with E-state index in [0.717, 1.165) is 0 Å². The van der Waals surface area contributed by atoms with E-state index < -0.39 is 11.9 Å². The van der Waals surface area contributed by atoms with E-state index >= 15 is 0 Å². The minimum atomic E-state index is -0.798. The molecular formula is C12H18O5. The molecule has 0 aliphatic carbocycles. The number of carbonyl (C=O) groups is 2. The monoisotopic (exact) mass is 242 g/mol. The Hall–Kier alpha value is -1.46. The topological polar surface area (TPSA) is 83.8 Å². The summed E-state index contributed by atoms with van der Waals surface area (Å²) in [6, 6.07) is 0. The van der Waals surface area contributed by atoms with E-state index in [1.54, 1.807) is 0 Å². The molecule has 0 saturated heterocycles. The lowest BCUT2D eigenvalue weighted by atomic mass is 10.1. The second-order valence-corrected chi connectivity index (χ2v) is 3.54. The molecule has 96 valence electrons. The molecule has 17 heavy (non-hydrogen) atoms. The summed E-state index contributed by atoms with van der Waals surface area (Å²) < 4.78 is 4.53. The van der Waals surface area contributed by atoms with Crippen LogP contribution in [0.25, 0.3) is 0 Å². The minimum absolute atomic E-state index is 0.0521. The summed E-state index contributed by atoms with van der Waals surface area (Å²) in [4.78, 5) is 22.6. The van der Waals surface area contributed by atoms with E-state index in [2.05, 4.69) is 17.9 Å². The van der Waals surface area contributed by atoms with Crippen LogP contribution in [0.1, 0.15) is 25.7 Å². The minimum Gasteiger partial charge on any atom is -0.396 e. The Labute approximate surface area is 100 Å². The van der Waals surface area contributed by atoms with Gasteiger partial charge in [-0.15, -0.1) is 0 Å². The van der Waals surface area contributed by atoms with E-state index in [1.807, 2.05) is 0 Å². The van der Waals surface area contributed by atoms with Gasteiger partial charge in [-0.1, -0.05) is 13.2 Å². The number of hydrogen-bond donors (Lipinski definition) is 2. The normalized spacial score (nSPS) is 9.76. The summed E-state index contributed by atoms with van der Waals surface area (Å²) in [6.45, 7) is 6.81. The van der Waals surface area contributed by atoms with Crippen LogP contribution in [0, 0.1) is 0 Å². The first-order valence-corrected chi connectivity index (χ1v) is 5.36. The van der Waals surface area contributed by atoms with Gasteiger partial charge in [0.05, 0.1) is 0 Å². The molecule has 0 rings (SSSR count). The van der Waals surface area contributed by atoms with Gasteiger partial charge >= 0.3 is 11.9 Å². The van der Waals surface area contributed by atoms with Crippen LogP contribution >= 0.6 is 0 Å². The molecule has 2 N–H and O–H groups in total. The molecular weight excluding hydrogens is 224 g/mol. The molecule has 0 aliphatic rings. The highest BCUT2D eigenvalue weighted by atomic mass is 16.6. The smallest absolute Gasteiger partial charge is 0.341 e. The lowest BCUT2D eigenvalue weighted by Gasteiger charge is -2.06. The van der Waals surface area contributed by atoms with Gasteiger partial charge in [-0.3, -0.25) is 0 Å². The quantitative estimate of drug-likeness (QED) is 0.372. The van der Waals surface area contributed by atoms with Gasteiger partial charge in [0.15, 0.2) is 0 Å². The number of aliphatic hydroxyl groups is 2. The zero-order valence-corrected chi connectivity index (χ0v) is 9.78. The highest BCUT2D eigenvalue weighted by Crippen LogP contribution is 2.09. The Bertz CT molecular complexity index is 276. The summed E-state index contributed by atoms with van der Waals surface area (Å²) >= 11 is 0. The van der Waals surface area contributed by atoms with Gasteiger partial charge in [0.25, 0.3) is 0 Å². The molecule has 0 aliphatic heterocycles. The van der Waals surface area contributed by atoms with Gasteiger partial charge in [0.2, 0.25) is 0 Å². The van der Waals surface area contributed by atoms with Gasteiger partial charge in [0.1, 0.15) is 0 Å². The zero-order valence-electron chi connectivity index (χ0n) is 9.78. The van der Waals surface area contributed by atoms with Crippen molar-refractivity contribution in [2.75, 3.05) is 13.2 Å². The van der Waals surface area contributed by atoms with Gasteiger partial charge in [-0.05, 0) is 25.7 Å². The van der Waals surface area contributed by atoms with Gasteiger partial charge in [-0.2, -0.15) is 0 Å². The fraction of sp³-hybridized carbons (Fsp3) is 0.500. The Morgan fingerprint density at radius 1 is 0.882 bits per heavy atom. The first kappa shape index (κ1) is 15.5. The van der Waals surface area contributed by atoms with Crippen LogP contribution in [0.2, 0.25) is 0 Å². The van der Waals surface area contributed by atoms with Crippen LogP contribution in [-0.4, -0.2) is 35.4 Å². The predicted octanol–water partition coefficient (Wildman–Crippen LogP) is 0.714. The molecule has 0 spiro atoms. The number of carbonyl (C=O) groups excluding carboxylic acids is 2. The maximum atomic E-state index is 11.3. The molecule has 0 aromatic carbocycles. The molecule has 0 bridgehead atoms. The molecule has 5 heteroatoms. The number of aliphatic hydroxyl groups excluding tert-OH is 2. The van der Waals surface area contributed by atoms with Crippen molar-refractivity contribution in [3.05, 3.63) is 24.3 Å². The lowest BCUT2D eigenvalue weighted by molar-refractivity contribution is -0.154. The van der Waals surface area contributed by atoms with Crippen molar-refractivity contribution >= 4 is 11.9 Å². The van der Waals surface area contributed by atoms with Gasteiger partial charge < -0.3 is 14.9 Å². The fourth-order valence-electron chi connectivity index (χ4n) is 1.02. The first-order chi connectivity index (χ1) is 8.02. The highest BCUT2D eigenvalue weighted by Gasteiger charge is 2.15. The summed E-state index contributed by atoms with van der Waals surface area (Å²) in [7, 11) is 0. The predicted molar refractivity (Wildman–Crippen MR) is 62.0 cm³/mol. The third-order valence-electron chi connectivity index (χ3n) is 2.04. The molecule has 5 nitrogen and oxygen atoms in total. The van der Waals surface area contributed by atoms with Crippen LogP contribution in [0.5, 0.6) is 0 Å². The molecule has 0 aromatic rings. The molecule has 0 saturated carbocycles. The van der Waals surface area contributed by atoms with E-state index in [-0.39, 0.29) is 37.2 Å². The lowest BCUT2D eigenvalue weighted by Crippen LogP contribution is -2.15. The van der Waals surface area contributed by atoms with E-state index in [4.69, 9.17) is 10.2 Å². The molecule has 0 fully saturated rings. The van der Waals surface area contributed by atoms with Crippen LogP contribution in [0.4, 0.5) is 0 Å². The average molecular weight is 242 g/mol. The molecule has 0 amide bonds. The molecule has 0 unspecified atom stereocenters. The number of esters is 2. The van der Waals surface area contributed by atoms with E-state index in [9.17, 15) is 9.59 Å². The Morgan fingerprint density at radius 2 is 1.24 bits per heavy atom. The van der Waals surface area contributed by atoms with Crippen molar-refractivity contribution in [2.45, 2.75) is 25.7 Å². The average Bonchev–Trinajstić information content (AvgIpc) is 2.32. The zero-order chi connectivity index (χ0) is 13.3. The second-order valence-electron chi connectivity index (χ2n) is 3.54. The molecule has 0 heterocycles. The Balaban J connectivity index is 4.06. The largest absolute Gasteiger partial charge is 0.396 e. The van der Waals surface area contributed by atoms with Gasteiger partial charge in [0, 0.05) is 24.4 Å². The van der Waals surface area contributed by atoms with Crippen molar-refractivity contribution in [1.29, 1.82) is 0 Å². The van der Waals surface area contributed by atoms with E-state index in [1.165, 1.54) is 0 Å². The highest BCUT2D eigenvalue weighted by molar-refractivity contribution is 6.01. The summed E-state index contributed by atoms with van der Waals surface area (Å²) in [5, 5.41) is 17.1. The Morgan fingerprint density at radius 3 is 1.53 bits per heavy atom. The second kappa shape index (κ2) is 8.66. The van der Waals surface area contributed by atoms with Crippen molar-refractivity contribution in [1.82, 2.24) is 0 Å². The molecule has 0 aromatic heterocycles. The molecule has 0 radical (unpaired) electrons. The fourth-order valence-corrected chi connectivity index (χ4v) is 1.02. The van der Waals surface area contributed by atoms with Crippen LogP contribution in [-0.2, 0) is 14.3 Å². The third-order valence-corrected chi connectivity index (χ3v) is 2.04. The summed E-state index contributed by atoms with van der Waals surface area (Å²) in [5.74, 6) is -1.60. The number of rotatable bonds is 8. The van der Waals surface area contributed by atoms with Crippen LogP contribution < -0.4 is 0 Å². The van der Waals surface area contributed by atoms with Crippen molar-refractivity contribution < 1.29 is 24.5 Å². The third kappa shape index (κ3) is 6.65. The number of hydrogen-bond acceptors (Lipinski definition) is 5. The van der Waals surface area contributed by atoms with Crippen LogP contribution in [0.15, 0.2) is 24.3 Å². The SMILES string of the molecule is C=C(CCCO)C(=O)OC(=O)C(=C)CCCO. The van der Waals surface area contributed by atoms with Crippen molar-refractivity contribution in [2.24, 2.45) is 0 Å². The van der Waals surface area contributed by atoms with Crippen molar-refractivity contribution in [3.63, 3.8) is 0 Å². The van der Waals surface area contributed by atoms with Gasteiger partial charge in [-0.25, -0.2) is 9.59 Å². The number of ether oxygens (including phenoxy) is 1. The van der Waals surface area contributed by atoms with E-state index in [0.29, 0.717) is 12.8 Å². The molecule has 0 atom stereocenters. The maximum absolute atomic E-state index is 11.3. The summed E-state index contributed by atoms with van der Waals surface area (Å²) in [5.41, 5.74) is 0.282. The maximum Gasteiger partial charge on any atom is 0.341 e.